The number of hydrogen-bond donors (Lipinski definition) is 0. The van der Waals surface area contributed by atoms with Crippen LogP contribution in [0.25, 0.3) is 22.7 Å². The van der Waals surface area contributed by atoms with Gasteiger partial charge in [0.15, 0.2) is 0 Å². The largest absolute Gasteiger partial charge is 0.329 e. The number of non-ortho nitro benzene ring substituents is 1. The maximum Gasteiger partial charge on any atom is 0.269 e. The number of para-hydroxylation sites is 1. The molecule has 0 radical (unpaired) electrons. The van der Waals surface area contributed by atoms with Gasteiger partial charge in [-0.2, -0.15) is 0 Å². The fraction of sp³-hybridized carbons (Fsp3) is 0.258. The first-order valence-corrected chi connectivity index (χ1v) is 13.2. The molecule has 4 rings (SSSR count). The molecule has 1 unspecified atom stereocenters. The van der Waals surface area contributed by atoms with Crippen LogP contribution in [0.1, 0.15) is 56.6 Å². The first kappa shape index (κ1) is 27.4. The number of carbonyl (C=O) groups excluding carboxylic acids is 1. The highest BCUT2D eigenvalue weighted by molar-refractivity contribution is 5.92. The Labute approximate surface area is 227 Å². The average molecular weight is 525 g/mol. The Kier molecular flexibility index (Phi) is 8.66. The van der Waals surface area contributed by atoms with Crippen molar-refractivity contribution >= 4 is 28.6 Å². The second-order valence-electron chi connectivity index (χ2n) is 9.29. The van der Waals surface area contributed by atoms with Crippen LogP contribution in [0, 0.1) is 10.1 Å². The van der Waals surface area contributed by atoms with Gasteiger partial charge in [0.05, 0.1) is 27.6 Å². The van der Waals surface area contributed by atoms with Crippen molar-refractivity contribution in [3.05, 3.63) is 116 Å². The van der Waals surface area contributed by atoms with Gasteiger partial charge in [-0.15, -0.1) is 0 Å². The van der Waals surface area contributed by atoms with Crippen LogP contribution in [-0.2, 0) is 11.2 Å². The third-order valence-corrected chi connectivity index (χ3v) is 6.74. The molecule has 0 bridgehead atoms. The molecule has 0 aliphatic rings. The number of nitro benzene ring substituents is 1. The predicted octanol–water partition coefficient (Wildman–Crippen LogP) is 6.26. The standard InChI is InChI=1S/C31H32N4O4/c1-4-21-33(29(36)20-15-23-13-18-25(19-14-23)35(38)39)28(6-3)30-32-27-10-8-7-9-26(27)31(37)34(30)24-16-11-22(5-2)12-17-24/h7-20,28H,4-6,21H2,1-3H3/b20-15+. The molecule has 1 atom stereocenters. The van der Waals surface area contributed by atoms with Crippen molar-refractivity contribution in [2.45, 2.75) is 46.1 Å². The van der Waals surface area contributed by atoms with Crippen LogP contribution in [0.3, 0.4) is 0 Å². The lowest BCUT2D eigenvalue weighted by molar-refractivity contribution is -0.384. The van der Waals surface area contributed by atoms with Gasteiger partial charge in [-0.1, -0.05) is 45.0 Å². The van der Waals surface area contributed by atoms with Crippen molar-refractivity contribution in [2.24, 2.45) is 0 Å². The molecular weight excluding hydrogens is 492 g/mol. The van der Waals surface area contributed by atoms with E-state index in [1.165, 1.54) is 18.2 Å². The molecule has 1 aromatic heterocycles. The highest BCUT2D eigenvalue weighted by Crippen LogP contribution is 2.27. The Bertz CT molecular complexity index is 1560. The van der Waals surface area contributed by atoms with Crippen molar-refractivity contribution in [3.63, 3.8) is 0 Å². The first-order chi connectivity index (χ1) is 18.9. The third-order valence-electron chi connectivity index (χ3n) is 6.74. The molecule has 1 heterocycles. The topological polar surface area (TPSA) is 98.3 Å². The van der Waals surface area contributed by atoms with Gasteiger partial charge in [0.1, 0.15) is 5.82 Å². The smallest absolute Gasteiger partial charge is 0.269 e. The molecule has 0 saturated heterocycles. The van der Waals surface area contributed by atoms with Crippen LogP contribution in [0.5, 0.6) is 0 Å². The maximum atomic E-state index is 13.8. The summed E-state index contributed by atoms with van der Waals surface area (Å²) in [5.41, 5.74) is 2.94. The summed E-state index contributed by atoms with van der Waals surface area (Å²) < 4.78 is 1.63. The number of carbonyl (C=O) groups is 1. The summed E-state index contributed by atoms with van der Waals surface area (Å²) in [5.74, 6) is 0.285. The molecule has 200 valence electrons. The number of fused-ring (bicyclic) bond motifs is 1. The normalized spacial score (nSPS) is 12.1. The van der Waals surface area contributed by atoms with E-state index in [4.69, 9.17) is 4.98 Å². The first-order valence-electron chi connectivity index (χ1n) is 13.2. The summed E-state index contributed by atoms with van der Waals surface area (Å²) >= 11 is 0. The number of rotatable bonds is 10. The van der Waals surface area contributed by atoms with Crippen LogP contribution < -0.4 is 5.56 Å². The van der Waals surface area contributed by atoms with Gasteiger partial charge in [-0.05, 0) is 72.9 Å². The molecule has 0 N–H and O–H groups in total. The van der Waals surface area contributed by atoms with Crippen LogP contribution in [0.2, 0.25) is 0 Å². The third kappa shape index (κ3) is 5.95. The zero-order valence-electron chi connectivity index (χ0n) is 22.4. The molecule has 0 aliphatic carbocycles. The van der Waals surface area contributed by atoms with E-state index < -0.39 is 11.0 Å². The summed E-state index contributed by atoms with van der Waals surface area (Å²) in [6.07, 6.45) is 5.27. The maximum absolute atomic E-state index is 13.8. The summed E-state index contributed by atoms with van der Waals surface area (Å²) in [6.45, 7) is 6.53. The Balaban J connectivity index is 1.79. The molecule has 39 heavy (non-hydrogen) atoms. The molecule has 8 nitrogen and oxygen atoms in total. The fourth-order valence-electron chi connectivity index (χ4n) is 4.68. The minimum Gasteiger partial charge on any atom is -0.329 e. The second kappa shape index (κ2) is 12.3. The van der Waals surface area contributed by atoms with Gasteiger partial charge in [0.25, 0.3) is 11.2 Å². The Hall–Kier alpha value is -4.59. The second-order valence-corrected chi connectivity index (χ2v) is 9.29. The van der Waals surface area contributed by atoms with E-state index in [0.29, 0.717) is 40.9 Å². The van der Waals surface area contributed by atoms with Crippen molar-refractivity contribution < 1.29 is 9.72 Å². The van der Waals surface area contributed by atoms with Crippen molar-refractivity contribution in [1.82, 2.24) is 14.5 Å². The molecule has 8 heteroatoms. The number of nitrogens with zero attached hydrogens (tertiary/aromatic N) is 4. The Morgan fingerprint density at radius 1 is 1.03 bits per heavy atom. The van der Waals surface area contributed by atoms with Gasteiger partial charge in [-0.25, -0.2) is 4.98 Å². The average Bonchev–Trinajstić information content (AvgIpc) is 2.96. The minimum absolute atomic E-state index is 0.00977. The quantitative estimate of drug-likeness (QED) is 0.139. The number of hydrogen-bond acceptors (Lipinski definition) is 5. The molecule has 1 amide bonds. The lowest BCUT2D eigenvalue weighted by Crippen LogP contribution is -2.38. The number of nitro groups is 1. The van der Waals surface area contributed by atoms with E-state index in [9.17, 15) is 19.7 Å². The van der Waals surface area contributed by atoms with Gasteiger partial charge < -0.3 is 4.90 Å². The molecule has 0 fully saturated rings. The zero-order chi connectivity index (χ0) is 27.9. The number of amides is 1. The highest BCUT2D eigenvalue weighted by atomic mass is 16.6. The van der Waals surface area contributed by atoms with Crippen molar-refractivity contribution in [3.8, 4) is 5.69 Å². The zero-order valence-corrected chi connectivity index (χ0v) is 22.4. The summed E-state index contributed by atoms with van der Waals surface area (Å²) in [7, 11) is 0. The van der Waals surface area contributed by atoms with Crippen molar-refractivity contribution in [1.29, 1.82) is 0 Å². The fourth-order valence-corrected chi connectivity index (χ4v) is 4.68. The monoisotopic (exact) mass is 524 g/mol. The van der Waals surface area contributed by atoms with Crippen LogP contribution >= 0.6 is 0 Å². The summed E-state index contributed by atoms with van der Waals surface area (Å²) in [6, 6.07) is 20.7. The molecule has 3 aromatic carbocycles. The van der Waals surface area contributed by atoms with Crippen LogP contribution in [0.15, 0.2) is 83.7 Å². The molecular formula is C31H32N4O4. The highest BCUT2D eigenvalue weighted by Gasteiger charge is 2.27. The van der Waals surface area contributed by atoms with Gasteiger partial charge in [0, 0.05) is 24.8 Å². The predicted molar refractivity (Wildman–Crippen MR) is 154 cm³/mol. The molecule has 0 spiro atoms. The van der Waals surface area contributed by atoms with Gasteiger partial charge in [0.2, 0.25) is 5.91 Å². The van der Waals surface area contributed by atoms with Gasteiger partial charge >= 0.3 is 0 Å². The number of benzene rings is 3. The van der Waals surface area contributed by atoms with E-state index in [2.05, 4.69) is 6.92 Å². The molecule has 0 aliphatic heterocycles. The van der Waals surface area contributed by atoms with Crippen LogP contribution in [0.4, 0.5) is 5.69 Å². The number of aryl methyl sites for hydroxylation is 1. The van der Waals surface area contributed by atoms with Crippen LogP contribution in [-0.4, -0.2) is 31.8 Å². The Morgan fingerprint density at radius 3 is 2.33 bits per heavy atom. The lowest BCUT2D eigenvalue weighted by Gasteiger charge is -2.31. The minimum atomic E-state index is -0.459. The van der Waals surface area contributed by atoms with Gasteiger partial charge in [-0.3, -0.25) is 24.3 Å². The Morgan fingerprint density at radius 2 is 1.72 bits per heavy atom. The van der Waals surface area contributed by atoms with E-state index in [1.807, 2.05) is 56.3 Å². The van der Waals surface area contributed by atoms with E-state index >= 15 is 0 Å². The summed E-state index contributed by atoms with van der Waals surface area (Å²) in [4.78, 5) is 44.5. The van der Waals surface area contributed by atoms with E-state index in [0.717, 1.165) is 18.4 Å². The van der Waals surface area contributed by atoms with E-state index in [-0.39, 0.29) is 17.2 Å². The lowest BCUT2D eigenvalue weighted by atomic mass is 10.1. The SMILES string of the molecule is CCCN(C(=O)/C=C/c1ccc([N+](=O)[O-])cc1)C(CC)c1nc2ccccc2c(=O)n1-c1ccc(CC)cc1. The number of aromatic nitrogens is 2. The molecule has 4 aromatic rings. The molecule has 0 saturated carbocycles. The summed E-state index contributed by atoms with van der Waals surface area (Å²) in [5, 5.41) is 11.5. The van der Waals surface area contributed by atoms with Crippen molar-refractivity contribution in [2.75, 3.05) is 6.54 Å². The van der Waals surface area contributed by atoms with E-state index in [1.54, 1.807) is 33.7 Å².